The quantitative estimate of drug-likeness (QED) is 0.509. The number of rotatable bonds is 10. The first-order valence-electron chi connectivity index (χ1n) is 8.73. The molecule has 1 aromatic carbocycles. The molecule has 0 spiro atoms. The lowest BCUT2D eigenvalue weighted by molar-refractivity contribution is -0.120. The third-order valence-corrected chi connectivity index (χ3v) is 4.95. The van der Waals surface area contributed by atoms with Crippen LogP contribution in [0.25, 0.3) is 11.4 Å². The molecule has 0 unspecified atom stereocenters. The summed E-state index contributed by atoms with van der Waals surface area (Å²) in [6.45, 7) is 8.91. The van der Waals surface area contributed by atoms with Gasteiger partial charge in [-0.05, 0) is 37.6 Å². The second kappa shape index (κ2) is 10.0. The minimum absolute atomic E-state index is 0.0362. The van der Waals surface area contributed by atoms with Gasteiger partial charge in [-0.1, -0.05) is 31.2 Å². The second-order valence-corrected chi connectivity index (χ2v) is 7.14. The summed E-state index contributed by atoms with van der Waals surface area (Å²) in [7, 11) is 1.65. The lowest BCUT2D eigenvalue weighted by Crippen LogP contribution is -2.31. The molecule has 1 atom stereocenters. The summed E-state index contributed by atoms with van der Waals surface area (Å²) in [5.74, 6) is 1.57. The van der Waals surface area contributed by atoms with Crippen LogP contribution in [-0.2, 0) is 11.3 Å². The first-order chi connectivity index (χ1) is 12.6. The van der Waals surface area contributed by atoms with Gasteiger partial charge in [0, 0.05) is 18.7 Å². The van der Waals surface area contributed by atoms with Crippen LogP contribution in [-0.4, -0.2) is 39.6 Å². The van der Waals surface area contributed by atoms with Crippen molar-refractivity contribution in [3.8, 4) is 17.1 Å². The minimum Gasteiger partial charge on any atom is -0.497 e. The molecule has 0 aliphatic heterocycles. The lowest BCUT2D eigenvalue weighted by Gasteiger charge is -2.13. The van der Waals surface area contributed by atoms with E-state index in [1.54, 1.807) is 13.2 Å². The van der Waals surface area contributed by atoms with Gasteiger partial charge in [0.2, 0.25) is 5.91 Å². The van der Waals surface area contributed by atoms with Gasteiger partial charge in [0.15, 0.2) is 11.0 Å². The monoisotopic (exact) mass is 374 g/mol. The molecule has 26 heavy (non-hydrogen) atoms. The maximum absolute atomic E-state index is 12.1. The van der Waals surface area contributed by atoms with Gasteiger partial charge >= 0.3 is 0 Å². The Kier molecular flexibility index (Phi) is 7.72. The van der Waals surface area contributed by atoms with E-state index in [9.17, 15) is 4.79 Å². The Balaban J connectivity index is 2.24. The van der Waals surface area contributed by atoms with Crippen LogP contribution in [0.1, 0.15) is 26.7 Å². The summed E-state index contributed by atoms with van der Waals surface area (Å²) in [6, 6.07) is 7.76. The normalized spacial score (nSPS) is 11.8. The van der Waals surface area contributed by atoms with Crippen LogP contribution in [0, 0.1) is 0 Å². The summed E-state index contributed by atoms with van der Waals surface area (Å²) in [6.07, 6.45) is 3.76. The summed E-state index contributed by atoms with van der Waals surface area (Å²) < 4.78 is 7.31. The molecule has 0 fully saturated rings. The highest BCUT2D eigenvalue weighted by molar-refractivity contribution is 8.00. The molecule has 0 radical (unpaired) electrons. The Morgan fingerprint density at radius 3 is 2.73 bits per heavy atom. The van der Waals surface area contributed by atoms with Crippen LogP contribution in [0.4, 0.5) is 0 Å². The van der Waals surface area contributed by atoms with Gasteiger partial charge in [0.25, 0.3) is 0 Å². The zero-order valence-corrected chi connectivity index (χ0v) is 16.4. The van der Waals surface area contributed by atoms with E-state index in [2.05, 4.69) is 33.6 Å². The number of carbonyl (C=O) groups is 1. The number of hydrogen-bond acceptors (Lipinski definition) is 5. The first kappa shape index (κ1) is 20.0. The molecule has 2 rings (SSSR count). The van der Waals surface area contributed by atoms with Crippen molar-refractivity contribution in [1.82, 2.24) is 20.1 Å². The number of amides is 1. The topological polar surface area (TPSA) is 69.0 Å². The van der Waals surface area contributed by atoms with E-state index in [-0.39, 0.29) is 11.2 Å². The van der Waals surface area contributed by atoms with Crippen molar-refractivity contribution in [1.29, 1.82) is 0 Å². The summed E-state index contributed by atoms with van der Waals surface area (Å²) in [4.78, 5) is 12.1. The molecule has 0 aliphatic carbocycles. The first-order valence-corrected chi connectivity index (χ1v) is 9.61. The predicted molar refractivity (Wildman–Crippen MR) is 105 cm³/mol. The SMILES string of the molecule is C=CCNC(=O)[C@@H](C)Sc1nnc(-c2ccc(OC)cc2)n1CCCC. The number of ether oxygens (including phenoxy) is 1. The van der Waals surface area contributed by atoms with E-state index < -0.39 is 0 Å². The van der Waals surface area contributed by atoms with Crippen LogP contribution >= 0.6 is 11.8 Å². The Morgan fingerprint density at radius 1 is 1.38 bits per heavy atom. The highest BCUT2D eigenvalue weighted by Crippen LogP contribution is 2.28. The molecular formula is C19H26N4O2S. The van der Waals surface area contributed by atoms with Crippen molar-refractivity contribution in [2.45, 2.75) is 43.6 Å². The van der Waals surface area contributed by atoms with E-state index in [1.165, 1.54) is 11.8 Å². The van der Waals surface area contributed by atoms with Crippen molar-refractivity contribution in [2.24, 2.45) is 0 Å². The summed E-state index contributed by atoms with van der Waals surface area (Å²) >= 11 is 1.42. The van der Waals surface area contributed by atoms with Crippen LogP contribution < -0.4 is 10.1 Å². The number of thioether (sulfide) groups is 1. The van der Waals surface area contributed by atoms with Gasteiger partial charge < -0.3 is 14.6 Å². The Labute approximate surface area is 159 Å². The van der Waals surface area contributed by atoms with Crippen molar-refractivity contribution in [3.05, 3.63) is 36.9 Å². The molecule has 1 aromatic heterocycles. The Bertz CT molecular complexity index is 728. The number of nitrogens with zero attached hydrogens (tertiary/aromatic N) is 3. The van der Waals surface area contributed by atoms with Gasteiger partial charge in [-0.15, -0.1) is 16.8 Å². The molecule has 0 saturated carbocycles. The van der Waals surface area contributed by atoms with Crippen LogP contribution in [0.2, 0.25) is 0 Å². The van der Waals surface area contributed by atoms with Gasteiger partial charge in [-0.3, -0.25) is 4.79 Å². The standard InChI is InChI=1S/C19H26N4O2S/c1-5-7-13-23-17(15-8-10-16(25-4)11-9-15)21-22-19(23)26-14(3)18(24)20-12-6-2/h6,8-11,14H,2,5,7,12-13H2,1,3-4H3,(H,20,24)/t14-/m1/s1. The number of aromatic nitrogens is 3. The number of methoxy groups -OCH3 is 1. The molecule has 7 heteroatoms. The molecule has 6 nitrogen and oxygen atoms in total. The van der Waals surface area contributed by atoms with Gasteiger partial charge in [-0.25, -0.2) is 0 Å². The maximum Gasteiger partial charge on any atom is 0.233 e. The fourth-order valence-corrected chi connectivity index (χ4v) is 3.28. The van der Waals surface area contributed by atoms with E-state index >= 15 is 0 Å². The average Bonchev–Trinajstić information content (AvgIpc) is 3.06. The molecule has 1 amide bonds. The molecule has 2 aromatic rings. The smallest absolute Gasteiger partial charge is 0.233 e. The van der Waals surface area contributed by atoms with E-state index in [1.807, 2.05) is 31.2 Å². The third-order valence-electron chi connectivity index (χ3n) is 3.87. The molecule has 0 bridgehead atoms. The predicted octanol–water partition coefficient (Wildman–Crippen LogP) is 3.54. The second-order valence-electron chi connectivity index (χ2n) is 5.83. The molecule has 0 aliphatic rings. The van der Waals surface area contributed by atoms with E-state index in [4.69, 9.17) is 4.74 Å². The molecule has 0 saturated heterocycles. The maximum atomic E-state index is 12.1. The number of unbranched alkanes of at least 4 members (excludes halogenated alkanes) is 1. The minimum atomic E-state index is -0.261. The molecule has 140 valence electrons. The van der Waals surface area contributed by atoms with Crippen molar-refractivity contribution in [3.63, 3.8) is 0 Å². The zero-order chi connectivity index (χ0) is 18.9. The van der Waals surface area contributed by atoms with Crippen molar-refractivity contribution < 1.29 is 9.53 Å². The van der Waals surface area contributed by atoms with Gasteiger partial charge in [0.1, 0.15) is 5.75 Å². The zero-order valence-electron chi connectivity index (χ0n) is 15.6. The van der Waals surface area contributed by atoms with Crippen LogP contribution in [0.15, 0.2) is 42.1 Å². The fraction of sp³-hybridized carbons (Fsp3) is 0.421. The van der Waals surface area contributed by atoms with Crippen molar-refractivity contribution in [2.75, 3.05) is 13.7 Å². The third kappa shape index (κ3) is 5.11. The van der Waals surface area contributed by atoms with Crippen LogP contribution in [0.5, 0.6) is 5.75 Å². The Hall–Kier alpha value is -2.28. The van der Waals surface area contributed by atoms with Gasteiger partial charge in [-0.2, -0.15) is 0 Å². The number of carbonyl (C=O) groups excluding carboxylic acids is 1. The lowest BCUT2D eigenvalue weighted by atomic mass is 10.2. The summed E-state index contributed by atoms with van der Waals surface area (Å²) in [5.41, 5.74) is 0.977. The highest BCUT2D eigenvalue weighted by atomic mass is 32.2. The average molecular weight is 375 g/mol. The molecular weight excluding hydrogens is 348 g/mol. The van der Waals surface area contributed by atoms with Crippen molar-refractivity contribution >= 4 is 17.7 Å². The molecule has 1 N–H and O–H groups in total. The fourth-order valence-electron chi connectivity index (χ4n) is 2.38. The van der Waals surface area contributed by atoms with E-state index in [0.29, 0.717) is 6.54 Å². The molecule has 1 heterocycles. The number of nitrogens with one attached hydrogen (secondary N) is 1. The largest absolute Gasteiger partial charge is 0.497 e. The van der Waals surface area contributed by atoms with Gasteiger partial charge in [0.05, 0.1) is 12.4 Å². The Morgan fingerprint density at radius 2 is 2.12 bits per heavy atom. The highest BCUT2D eigenvalue weighted by Gasteiger charge is 2.20. The van der Waals surface area contributed by atoms with E-state index in [0.717, 1.165) is 41.7 Å². The number of benzene rings is 1. The summed E-state index contributed by atoms with van der Waals surface area (Å²) in [5, 5.41) is 12.0. The number of hydrogen-bond donors (Lipinski definition) is 1. The van der Waals surface area contributed by atoms with Crippen LogP contribution in [0.3, 0.4) is 0 Å².